The summed E-state index contributed by atoms with van der Waals surface area (Å²) in [4.78, 5) is 12.6. The van der Waals surface area contributed by atoms with Gasteiger partial charge in [-0.05, 0) is 55.3 Å². The molecule has 1 aromatic rings. The van der Waals surface area contributed by atoms with Crippen molar-refractivity contribution in [2.45, 2.75) is 44.6 Å². The van der Waals surface area contributed by atoms with Gasteiger partial charge in [-0.15, -0.1) is 0 Å². The van der Waals surface area contributed by atoms with E-state index in [1.165, 1.54) is 6.07 Å². The van der Waals surface area contributed by atoms with Crippen molar-refractivity contribution in [2.75, 3.05) is 0 Å². The van der Waals surface area contributed by atoms with Gasteiger partial charge in [-0.25, -0.2) is 0 Å². The van der Waals surface area contributed by atoms with Crippen LogP contribution < -0.4 is 11.1 Å². The molecule has 0 radical (unpaired) electrons. The second kappa shape index (κ2) is 6.14. The molecule has 20 heavy (non-hydrogen) atoms. The van der Waals surface area contributed by atoms with Crippen molar-refractivity contribution < 1.29 is 9.21 Å². The smallest absolute Gasteiger partial charge is 0.287 e. The summed E-state index contributed by atoms with van der Waals surface area (Å²) >= 11 is 10.9. The maximum absolute atomic E-state index is 12.2. The van der Waals surface area contributed by atoms with Crippen molar-refractivity contribution in [3.8, 4) is 0 Å². The van der Waals surface area contributed by atoms with Gasteiger partial charge in [0.1, 0.15) is 0 Å². The molecule has 1 fully saturated rings. The summed E-state index contributed by atoms with van der Waals surface area (Å²) in [5, 5.41) is 3.14. The molecule has 0 saturated heterocycles. The lowest BCUT2D eigenvalue weighted by Crippen LogP contribution is -2.58. The molecule has 4 nitrogen and oxygen atoms in total. The first-order valence-corrected chi connectivity index (χ1v) is 7.63. The van der Waals surface area contributed by atoms with Crippen LogP contribution in [0.25, 0.3) is 0 Å². The average molecular weight is 315 g/mol. The second-order valence-electron chi connectivity index (χ2n) is 5.36. The molecule has 6 heteroatoms. The van der Waals surface area contributed by atoms with E-state index < -0.39 is 5.54 Å². The summed E-state index contributed by atoms with van der Waals surface area (Å²) in [5.41, 5.74) is 5.28. The number of carbonyl (C=O) groups is 1. The average Bonchev–Trinajstić information content (AvgIpc) is 2.86. The Morgan fingerprint density at radius 2 is 2.20 bits per heavy atom. The molecule has 110 valence electrons. The fourth-order valence-corrected chi connectivity index (χ4v) is 3.13. The zero-order chi connectivity index (χ0) is 14.8. The summed E-state index contributed by atoms with van der Waals surface area (Å²) in [5.74, 6) is 0.551. The summed E-state index contributed by atoms with van der Waals surface area (Å²) in [7, 11) is 0. The predicted octanol–water partition coefficient (Wildman–Crippen LogP) is 3.29. The Balaban J connectivity index is 2.10. The van der Waals surface area contributed by atoms with E-state index in [0.29, 0.717) is 10.9 Å². The molecule has 0 bridgehead atoms. The minimum atomic E-state index is -0.600. The molecule has 1 saturated carbocycles. The number of thiocarbonyl (C=S) groups is 1. The van der Waals surface area contributed by atoms with Crippen LogP contribution in [-0.2, 0) is 0 Å². The topological polar surface area (TPSA) is 68.3 Å². The fraction of sp³-hybridized carbons (Fsp3) is 0.571. The summed E-state index contributed by atoms with van der Waals surface area (Å²) in [6, 6.07) is 3.08. The van der Waals surface area contributed by atoms with Crippen molar-refractivity contribution in [3.63, 3.8) is 0 Å². The minimum absolute atomic E-state index is 0.184. The zero-order valence-electron chi connectivity index (χ0n) is 11.4. The van der Waals surface area contributed by atoms with Crippen molar-refractivity contribution in [2.24, 2.45) is 11.7 Å². The standard InChI is InChI=1S/C14H19ClN2O2S/c1-2-9-5-7-14(8-6-9,13(16)20)17-12(18)10-3-4-11(15)19-10/h3-4,9H,2,5-8H2,1H3,(H2,16,20)(H,17,18). The Labute approximate surface area is 129 Å². The van der Waals surface area contributed by atoms with Gasteiger partial charge in [-0.1, -0.05) is 25.6 Å². The van der Waals surface area contributed by atoms with Crippen LogP contribution >= 0.6 is 23.8 Å². The van der Waals surface area contributed by atoms with Crippen molar-refractivity contribution in [1.29, 1.82) is 0 Å². The van der Waals surface area contributed by atoms with Gasteiger partial charge in [0.25, 0.3) is 5.91 Å². The monoisotopic (exact) mass is 314 g/mol. The number of hydrogen-bond donors (Lipinski definition) is 2. The Morgan fingerprint density at radius 1 is 1.55 bits per heavy atom. The van der Waals surface area contributed by atoms with Gasteiger partial charge >= 0.3 is 0 Å². The highest BCUT2D eigenvalue weighted by Gasteiger charge is 2.39. The van der Waals surface area contributed by atoms with Gasteiger partial charge < -0.3 is 15.5 Å². The summed E-state index contributed by atoms with van der Waals surface area (Å²) in [6.07, 6.45) is 4.75. The predicted molar refractivity (Wildman–Crippen MR) is 82.9 cm³/mol. The van der Waals surface area contributed by atoms with Crippen LogP contribution in [0.15, 0.2) is 16.5 Å². The first kappa shape index (κ1) is 15.3. The first-order chi connectivity index (χ1) is 9.47. The van der Waals surface area contributed by atoms with Crippen LogP contribution in [0.3, 0.4) is 0 Å². The normalized spacial score (nSPS) is 26.2. The van der Waals surface area contributed by atoms with Gasteiger partial charge in [0.05, 0.1) is 10.5 Å². The van der Waals surface area contributed by atoms with E-state index in [-0.39, 0.29) is 16.9 Å². The molecular formula is C14H19ClN2O2S. The second-order valence-corrected chi connectivity index (χ2v) is 6.17. The molecule has 1 aliphatic carbocycles. The molecule has 0 atom stereocenters. The molecule has 3 N–H and O–H groups in total. The Hall–Kier alpha value is -1.07. The number of amides is 1. The third-order valence-electron chi connectivity index (χ3n) is 4.16. The number of nitrogens with one attached hydrogen (secondary N) is 1. The first-order valence-electron chi connectivity index (χ1n) is 6.84. The van der Waals surface area contributed by atoms with E-state index in [4.69, 9.17) is 34.0 Å². The van der Waals surface area contributed by atoms with Crippen molar-refractivity contribution in [1.82, 2.24) is 5.32 Å². The highest BCUT2D eigenvalue weighted by Crippen LogP contribution is 2.34. The SMILES string of the molecule is CCC1CCC(NC(=O)c2ccc(Cl)o2)(C(N)=S)CC1. The molecule has 1 aromatic heterocycles. The van der Waals surface area contributed by atoms with Crippen LogP contribution in [0.2, 0.25) is 5.22 Å². The molecular weight excluding hydrogens is 296 g/mol. The number of nitrogens with two attached hydrogens (primary N) is 1. The van der Waals surface area contributed by atoms with Crippen LogP contribution in [0.1, 0.15) is 49.6 Å². The van der Waals surface area contributed by atoms with Gasteiger partial charge in [-0.3, -0.25) is 4.79 Å². The zero-order valence-corrected chi connectivity index (χ0v) is 13.0. The minimum Gasteiger partial charge on any atom is -0.440 e. The van der Waals surface area contributed by atoms with Crippen molar-refractivity contribution >= 4 is 34.7 Å². The van der Waals surface area contributed by atoms with Crippen molar-refractivity contribution in [3.05, 3.63) is 23.1 Å². The fourth-order valence-electron chi connectivity index (χ4n) is 2.73. The molecule has 1 amide bonds. The van der Waals surface area contributed by atoms with Crippen LogP contribution in [0, 0.1) is 5.92 Å². The van der Waals surface area contributed by atoms with E-state index in [9.17, 15) is 4.79 Å². The lowest BCUT2D eigenvalue weighted by atomic mass is 9.75. The maximum Gasteiger partial charge on any atom is 0.287 e. The lowest BCUT2D eigenvalue weighted by molar-refractivity contribution is 0.0870. The van der Waals surface area contributed by atoms with Crippen LogP contribution in [-0.4, -0.2) is 16.4 Å². The summed E-state index contributed by atoms with van der Waals surface area (Å²) in [6.45, 7) is 2.18. The van der Waals surface area contributed by atoms with E-state index in [1.807, 2.05) is 0 Å². The third kappa shape index (κ3) is 3.15. The molecule has 1 heterocycles. The number of rotatable bonds is 4. The maximum atomic E-state index is 12.2. The lowest BCUT2D eigenvalue weighted by Gasteiger charge is -2.39. The quantitative estimate of drug-likeness (QED) is 0.837. The Kier molecular flexibility index (Phi) is 4.70. The van der Waals surface area contributed by atoms with Crippen LogP contribution in [0.5, 0.6) is 0 Å². The highest BCUT2D eigenvalue weighted by molar-refractivity contribution is 7.80. The van der Waals surface area contributed by atoms with Crippen LogP contribution in [0.4, 0.5) is 0 Å². The van der Waals surface area contributed by atoms with Gasteiger partial charge in [-0.2, -0.15) is 0 Å². The van der Waals surface area contributed by atoms with Gasteiger partial charge in [0.15, 0.2) is 11.0 Å². The molecule has 0 aromatic carbocycles. The Morgan fingerprint density at radius 3 is 2.65 bits per heavy atom. The van der Waals surface area contributed by atoms with E-state index in [2.05, 4.69) is 12.2 Å². The molecule has 1 aliphatic rings. The number of hydrogen-bond acceptors (Lipinski definition) is 3. The van der Waals surface area contributed by atoms with E-state index >= 15 is 0 Å². The molecule has 0 unspecified atom stereocenters. The van der Waals surface area contributed by atoms with E-state index in [0.717, 1.165) is 32.1 Å². The van der Waals surface area contributed by atoms with E-state index in [1.54, 1.807) is 6.07 Å². The number of halogens is 1. The third-order valence-corrected chi connectivity index (χ3v) is 4.75. The number of carbonyl (C=O) groups excluding carboxylic acids is 1. The summed E-state index contributed by atoms with van der Waals surface area (Å²) < 4.78 is 5.12. The number of furan rings is 1. The highest BCUT2D eigenvalue weighted by atomic mass is 35.5. The van der Waals surface area contributed by atoms with Gasteiger partial charge in [0, 0.05) is 0 Å². The molecule has 2 rings (SSSR count). The Bertz CT molecular complexity index is 507. The van der Waals surface area contributed by atoms with Gasteiger partial charge in [0.2, 0.25) is 0 Å². The largest absolute Gasteiger partial charge is 0.440 e. The molecule has 0 aliphatic heterocycles. The molecule has 0 spiro atoms.